The number of nitrogens with one attached hydrogen (secondary N) is 2. The Bertz CT molecular complexity index is 1010. The normalized spacial score (nSPS) is 22.8. The minimum Gasteiger partial charge on any atom is -0.365 e. The highest BCUT2D eigenvalue weighted by atomic mass is 35.5. The Morgan fingerprint density at radius 2 is 1.97 bits per heavy atom. The number of likely N-dealkylation sites (tertiary alicyclic amines) is 1. The van der Waals surface area contributed by atoms with Crippen LogP contribution in [0.25, 0.3) is 0 Å². The molecule has 5 rings (SSSR count). The molecule has 2 aliphatic heterocycles. The van der Waals surface area contributed by atoms with E-state index in [2.05, 4.69) is 32.5 Å². The van der Waals surface area contributed by atoms with Crippen LogP contribution in [0.4, 0.5) is 11.8 Å². The summed E-state index contributed by atoms with van der Waals surface area (Å²) in [6.45, 7) is 7.42. The molecule has 1 amide bonds. The summed E-state index contributed by atoms with van der Waals surface area (Å²) in [4.78, 5) is 27.0. The average Bonchev–Trinajstić information content (AvgIpc) is 3.43. The first-order chi connectivity index (χ1) is 16.0. The van der Waals surface area contributed by atoms with Crippen LogP contribution >= 0.6 is 11.6 Å². The molecule has 1 aliphatic carbocycles. The zero-order chi connectivity index (χ0) is 22.9. The highest BCUT2D eigenvalue weighted by molar-refractivity contribution is 6.31. The van der Waals surface area contributed by atoms with Crippen molar-refractivity contribution in [2.75, 3.05) is 50.0 Å². The summed E-state index contributed by atoms with van der Waals surface area (Å²) in [5, 5.41) is 7.25. The van der Waals surface area contributed by atoms with Gasteiger partial charge in [0.1, 0.15) is 11.4 Å². The summed E-state index contributed by atoms with van der Waals surface area (Å²) in [6, 6.07) is 6.01. The van der Waals surface area contributed by atoms with Gasteiger partial charge in [0.25, 0.3) is 5.91 Å². The topological polar surface area (TPSA) is 73.4 Å². The molecule has 3 heterocycles. The number of rotatable bonds is 7. The van der Waals surface area contributed by atoms with Crippen LogP contribution in [0.15, 0.2) is 24.4 Å². The molecule has 8 heteroatoms. The third kappa shape index (κ3) is 5.25. The highest BCUT2D eigenvalue weighted by Gasteiger charge is 2.46. The molecule has 2 saturated heterocycles. The first-order valence-corrected chi connectivity index (χ1v) is 12.4. The fraction of sp³-hybridized carbons (Fsp3) is 0.560. The van der Waals surface area contributed by atoms with Crippen LogP contribution in [-0.2, 0) is 6.54 Å². The monoisotopic (exact) mass is 468 g/mol. The van der Waals surface area contributed by atoms with Gasteiger partial charge in [0.05, 0.1) is 0 Å². The minimum absolute atomic E-state index is 0.116. The van der Waals surface area contributed by atoms with Gasteiger partial charge in [-0.25, -0.2) is 4.98 Å². The van der Waals surface area contributed by atoms with E-state index in [0.29, 0.717) is 36.3 Å². The zero-order valence-electron chi connectivity index (χ0n) is 19.5. The van der Waals surface area contributed by atoms with Crippen LogP contribution in [0.2, 0.25) is 5.02 Å². The number of hydrogen-bond acceptors (Lipinski definition) is 6. The number of halogens is 1. The maximum atomic E-state index is 13.1. The molecule has 7 nitrogen and oxygen atoms in total. The molecule has 2 unspecified atom stereocenters. The maximum absolute atomic E-state index is 13.1. The molecule has 3 fully saturated rings. The molecule has 2 atom stereocenters. The number of aromatic nitrogens is 2. The van der Waals surface area contributed by atoms with Crippen LogP contribution < -0.4 is 15.5 Å². The molecule has 0 radical (unpaired) electrons. The van der Waals surface area contributed by atoms with E-state index >= 15 is 0 Å². The van der Waals surface area contributed by atoms with Crippen LogP contribution in [-0.4, -0.2) is 60.5 Å². The standard InChI is InChI=1S/C25H33ClN6O/c1-16-3-4-18(9-22(16)26)12-27-23-21(24(33)28-11-17-5-7-31(2)8-6-17)13-29-25(30-23)32-14-19-10-20(19)15-32/h3-4,9,13,17,19-20H,5-8,10-12,14-15H2,1-2H3,(H,28,33)(H,27,29,30). The zero-order valence-corrected chi connectivity index (χ0v) is 20.2. The van der Waals surface area contributed by atoms with E-state index < -0.39 is 0 Å². The number of carbonyl (C=O) groups is 1. The lowest BCUT2D eigenvalue weighted by molar-refractivity contribution is 0.0939. The fourth-order valence-corrected chi connectivity index (χ4v) is 5.12. The first kappa shape index (κ1) is 22.4. The number of carbonyl (C=O) groups excluding carboxylic acids is 1. The Balaban J connectivity index is 1.30. The van der Waals surface area contributed by atoms with Crippen LogP contribution in [0.1, 0.15) is 40.7 Å². The summed E-state index contributed by atoms with van der Waals surface area (Å²) in [5.41, 5.74) is 2.59. The number of anilines is 2. The van der Waals surface area contributed by atoms with Gasteiger partial charge in [-0.2, -0.15) is 4.98 Å². The fourth-order valence-electron chi connectivity index (χ4n) is 4.92. The number of benzene rings is 1. The van der Waals surface area contributed by atoms with E-state index in [9.17, 15) is 4.79 Å². The molecule has 176 valence electrons. The van der Waals surface area contributed by atoms with Crippen LogP contribution in [0, 0.1) is 24.7 Å². The molecule has 3 aliphatic rings. The van der Waals surface area contributed by atoms with E-state index in [4.69, 9.17) is 16.6 Å². The number of hydrogen-bond donors (Lipinski definition) is 2. The Morgan fingerprint density at radius 1 is 1.21 bits per heavy atom. The van der Waals surface area contributed by atoms with Crippen LogP contribution in [0.3, 0.4) is 0 Å². The predicted molar refractivity (Wildman–Crippen MR) is 132 cm³/mol. The summed E-state index contributed by atoms with van der Waals surface area (Å²) < 4.78 is 0. The lowest BCUT2D eigenvalue weighted by atomic mass is 9.97. The van der Waals surface area contributed by atoms with Crippen molar-refractivity contribution in [2.24, 2.45) is 17.8 Å². The van der Waals surface area contributed by atoms with Crippen molar-refractivity contribution in [3.63, 3.8) is 0 Å². The van der Waals surface area contributed by atoms with Gasteiger partial charge in [-0.15, -0.1) is 0 Å². The van der Waals surface area contributed by atoms with Gasteiger partial charge in [0.15, 0.2) is 0 Å². The van der Waals surface area contributed by atoms with E-state index in [0.717, 1.165) is 67.0 Å². The second-order valence-corrected chi connectivity index (χ2v) is 10.4. The molecule has 33 heavy (non-hydrogen) atoms. The van der Waals surface area contributed by atoms with Crippen LogP contribution in [0.5, 0.6) is 0 Å². The van der Waals surface area contributed by atoms with Crippen molar-refractivity contribution in [2.45, 2.75) is 32.7 Å². The molecule has 1 saturated carbocycles. The van der Waals surface area contributed by atoms with Gasteiger partial charge in [0.2, 0.25) is 5.95 Å². The third-order valence-electron chi connectivity index (χ3n) is 7.37. The summed E-state index contributed by atoms with van der Waals surface area (Å²) in [7, 11) is 2.15. The van der Waals surface area contributed by atoms with Crippen molar-refractivity contribution in [1.82, 2.24) is 20.2 Å². The summed E-state index contributed by atoms with van der Waals surface area (Å²) >= 11 is 6.30. The predicted octanol–water partition coefficient (Wildman–Crippen LogP) is 3.58. The lowest BCUT2D eigenvalue weighted by Crippen LogP contribution is -2.37. The van der Waals surface area contributed by atoms with Crippen molar-refractivity contribution in [1.29, 1.82) is 0 Å². The smallest absolute Gasteiger partial charge is 0.256 e. The number of aryl methyl sites for hydroxylation is 1. The number of amides is 1. The SMILES string of the molecule is Cc1ccc(CNc2nc(N3CC4CC4C3)ncc2C(=O)NCC2CCN(C)CC2)cc1Cl. The van der Waals surface area contributed by atoms with Crippen molar-refractivity contribution in [3.05, 3.63) is 46.1 Å². The lowest BCUT2D eigenvalue weighted by Gasteiger charge is -2.29. The second-order valence-electron chi connectivity index (χ2n) is 9.99. The average molecular weight is 469 g/mol. The van der Waals surface area contributed by atoms with Gasteiger partial charge in [0, 0.05) is 37.4 Å². The molecule has 2 aromatic rings. The van der Waals surface area contributed by atoms with Crippen molar-refractivity contribution >= 4 is 29.3 Å². The Morgan fingerprint density at radius 3 is 2.70 bits per heavy atom. The molecule has 2 N–H and O–H groups in total. The van der Waals surface area contributed by atoms with Crippen molar-refractivity contribution in [3.8, 4) is 0 Å². The van der Waals surface area contributed by atoms with Crippen molar-refractivity contribution < 1.29 is 4.79 Å². The van der Waals surface area contributed by atoms with Gasteiger partial charge in [-0.05, 0) is 81.3 Å². The number of piperidine rings is 2. The highest BCUT2D eigenvalue weighted by Crippen LogP contribution is 2.45. The van der Waals surface area contributed by atoms with Gasteiger partial charge < -0.3 is 20.4 Å². The number of nitrogens with zero attached hydrogens (tertiary/aromatic N) is 4. The number of fused-ring (bicyclic) bond motifs is 1. The quantitative estimate of drug-likeness (QED) is 0.647. The second kappa shape index (κ2) is 9.47. The van der Waals surface area contributed by atoms with Gasteiger partial charge in [-0.1, -0.05) is 23.7 Å². The summed E-state index contributed by atoms with van der Waals surface area (Å²) in [6.07, 6.45) is 5.24. The van der Waals surface area contributed by atoms with E-state index in [1.165, 1.54) is 6.42 Å². The summed E-state index contributed by atoms with van der Waals surface area (Å²) in [5.74, 6) is 3.27. The minimum atomic E-state index is -0.116. The first-order valence-electron chi connectivity index (χ1n) is 12.0. The molecular formula is C25H33ClN6O. The largest absolute Gasteiger partial charge is 0.365 e. The van der Waals surface area contributed by atoms with E-state index in [1.807, 2.05) is 25.1 Å². The molecule has 1 aromatic carbocycles. The van der Waals surface area contributed by atoms with Gasteiger partial charge in [-0.3, -0.25) is 4.79 Å². The molecule has 0 spiro atoms. The molecular weight excluding hydrogens is 436 g/mol. The van der Waals surface area contributed by atoms with E-state index in [-0.39, 0.29) is 5.91 Å². The Hall–Kier alpha value is -2.38. The molecule has 1 aromatic heterocycles. The Kier molecular flexibility index (Phi) is 6.43. The van der Waals surface area contributed by atoms with E-state index in [1.54, 1.807) is 6.20 Å². The maximum Gasteiger partial charge on any atom is 0.256 e. The third-order valence-corrected chi connectivity index (χ3v) is 7.78. The molecule has 0 bridgehead atoms. The Labute approximate surface area is 200 Å². The van der Waals surface area contributed by atoms with Gasteiger partial charge >= 0.3 is 0 Å².